The summed E-state index contributed by atoms with van der Waals surface area (Å²) in [6, 6.07) is 24.5. The number of aromatic nitrogens is 2. The van der Waals surface area contributed by atoms with Gasteiger partial charge in [-0.05, 0) is 59.0 Å². The predicted octanol–water partition coefficient (Wildman–Crippen LogP) is 8.24. The standard InChI is InChI=1S/C35H30FN3O4S2/c1-3-4-18-43-26-16-14-23(15-17-26)30-29(31(40)24-13-12-21(2)28(36)19-24)32(41)33(42)39(30)34-37-38-35(45-34)44-20-25-10-7-9-22-8-5-6-11-27(22)25/h5-17,19,30,40H,3-4,18,20H2,1-2H3/t30-/m1/s1. The van der Waals surface area contributed by atoms with Crippen LogP contribution in [-0.4, -0.2) is 33.6 Å². The molecule has 0 aliphatic carbocycles. The average Bonchev–Trinajstić information content (AvgIpc) is 3.63. The number of fused-ring (bicyclic) bond motifs is 1. The minimum Gasteiger partial charge on any atom is -0.507 e. The van der Waals surface area contributed by atoms with Gasteiger partial charge < -0.3 is 9.84 Å². The van der Waals surface area contributed by atoms with Gasteiger partial charge in [-0.1, -0.05) is 103 Å². The summed E-state index contributed by atoms with van der Waals surface area (Å²) in [6.07, 6.45) is 1.91. The van der Waals surface area contributed by atoms with E-state index in [1.807, 2.05) is 18.2 Å². The molecule has 1 N–H and O–H groups in total. The first-order valence-corrected chi connectivity index (χ1v) is 16.4. The van der Waals surface area contributed by atoms with Gasteiger partial charge in [0.1, 0.15) is 17.3 Å². The number of Topliss-reactive ketones (excluding diaryl/α,β-unsaturated/α-hetero) is 1. The molecule has 45 heavy (non-hydrogen) atoms. The second kappa shape index (κ2) is 13.2. The van der Waals surface area contributed by atoms with Crippen LogP contribution in [0.1, 0.15) is 48.1 Å². The van der Waals surface area contributed by atoms with E-state index in [1.165, 1.54) is 40.1 Å². The van der Waals surface area contributed by atoms with E-state index in [-0.39, 0.29) is 16.3 Å². The zero-order chi connectivity index (χ0) is 31.5. The van der Waals surface area contributed by atoms with Crippen LogP contribution in [0, 0.1) is 12.7 Å². The maximum Gasteiger partial charge on any atom is 0.301 e. The quantitative estimate of drug-likeness (QED) is 0.0411. The number of thioether (sulfide) groups is 1. The first kappa shape index (κ1) is 30.5. The number of aliphatic hydroxyl groups excluding tert-OH is 1. The molecular formula is C35H30FN3O4S2. The van der Waals surface area contributed by atoms with Crippen LogP contribution in [0.3, 0.4) is 0 Å². The highest BCUT2D eigenvalue weighted by molar-refractivity contribution is 8.00. The topological polar surface area (TPSA) is 92.6 Å². The van der Waals surface area contributed by atoms with Crippen molar-refractivity contribution in [1.82, 2.24) is 10.2 Å². The number of carbonyl (C=O) groups is 2. The van der Waals surface area contributed by atoms with E-state index in [4.69, 9.17) is 4.74 Å². The van der Waals surface area contributed by atoms with Gasteiger partial charge in [0.25, 0.3) is 5.78 Å². The van der Waals surface area contributed by atoms with Crippen LogP contribution in [0.15, 0.2) is 94.8 Å². The van der Waals surface area contributed by atoms with Gasteiger partial charge in [-0.2, -0.15) is 0 Å². The van der Waals surface area contributed by atoms with Crippen molar-refractivity contribution in [3.63, 3.8) is 0 Å². The Kier molecular flexibility index (Phi) is 8.95. The number of anilines is 1. The van der Waals surface area contributed by atoms with Gasteiger partial charge in [0.05, 0.1) is 18.2 Å². The highest BCUT2D eigenvalue weighted by Gasteiger charge is 2.48. The molecule has 1 saturated heterocycles. The Morgan fingerprint density at radius 1 is 1.02 bits per heavy atom. The summed E-state index contributed by atoms with van der Waals surface area (Å²) in [4.78, 5) is 28.4. The number of nitrogens with zero attached hydrogens (tertiary/aromatic N) is 3. The lowest BCUT2D eigenvalue weighted by Gasteiger charge is -2.22. The van der Waals surface area contributed by atoms with Crippen LogP contribution in [0.2, 0.25) is 0 Å². The van der Waals surface area contributed by atoms with Gasteiger partial charge >= 0.3 is 5.91 Å². The summed E-state index contributed by atoms with van der Waals surface area (Å²) < 4.78 is 20.9. The molecule has 5 aromatic rings. The normalized spacial score (nSPS) is 16.1. The number of halogens is 1. The molecule has 0 bridgehead atoms. The molecule has 0 radical (unpaired) electrons. The van der Waals surface area contributed by atoms with Gasteiger partial charge in [-0.25, -0.2) is 4.39 Å². The van der Waals surface area contributed by atoms with Gasteiger partial charge in [0, 0.05) is 11.3 Å². The minimum atomic E-state index is -1.01. The van der Waals surface area contributed by atoms with Gasteiger partial charge in [-0.3, -0.25) is 14.5 Å². The van der Waals surface area contributed by atoms with Gasteiger partial charge in [-0.15, -0.1) is 10.2 Å². The number of benzene rings is 4. The Morgan fingerprint density at radius 2 is 1.80 bits per heavy atom. The second-order valence-electron chi connectivity index (χ2n) is 10.7. The Morgan fingerprint density at radius 3 is 2.58 bits per heavy atom. The third-order valence-corrected chi connectivity index (χ3v) is 9.79. The Bertz CT molecular complexity index is 1920. The summed E-state index contributed by atoms with van der Waals surface area (Å²) in [5, 5.41) is 22.5. The summed E-state index contributed by atoms with van der Waals surface area (Å²) in [5.41, 5.74) is 2.05. The molecule has 1 aliphatic heterocycles. The minimum absolute atomic E-state index is 0.101. The molecular weight excluding hydrogens is 610 g/mol. The number of hydrogen-bond donors (Lipinski definition) is 1. The van der Waals surface area contributed by atoms with Crippen molar-refractivity contribution in [3.05, 3.63) is 119 Å². The molecule has 0 spiro atoms. The molecule has 1 atom stereocenters. The Hall–Kier alpha value is -4.54. The molecule has 0 unspecified atom stereocenters. The van der Waals surface area contributed by atoms with E-state index in [0.717, 1.165) is 35.2 Å². The third-order valence-electron chi connectivity index (χ3n) is 7.69. The van der Waals surface area contributed by atoms with E-state index in [2.05, 4.69) is 41.4 Å². The number of ether oxygens (including phenoxy) is 1. The molecule has 4 aromatic carbocycles. The monoisotopic (exact) mass is 639 g/mol. The number of amides is 1. The number of aliphatic hydroxyl groups is 1. The number of carbonyl (C=O) groups excluding carboxylic acids is 2. The van der Waals surface area contributed by atoms with E-state index in [9.17, 15) is 19.1 Å². The number of hydrogen-bond acceptors (Lipinski definition) is 8. The number of aryl methyl sites for hydroxylation is 1. The van der Waals surface area contributed by atoms with Crippen molar-refractivity contribution < 1.29 is 23.8 Å². The second-order valence-corrected chi connectivity index (χ2v) is 12.9. The molecule has 2 heterocycles. The number of unbranched alkanes of at least 4 members (excludes halogenated alkanes) is 1. The van der Waals surface area contributed by atoms with Crippen LogP contribution < -0.4 is 9.64 Å². The van der Waals surface area contributed by atoms with Crippen LogP contribution >= 0.6 is 23.1 Å². The molecule has 0 saturated carbocycles. The van der Waals surface area contributed by atoms with Crippen molar-refractivity contribution in [1.29, 1.82) is 0 Å². The Balaban J connectivity index is 1.35. The molecule has 7 nitrogen and oxygen atoms in total. The molecule has 1 aliphatic rings. The lowest BCUT2D eigenvalue weighted by atomic mass is 9.95. The lowest BCUT2D eigenvalue weighted by Crippen LogP contribution is -2.29. The average molecular weight is 640 g/mol. The van der Waals surface area contributed by atoms with Crippen molar-refractivity contribution in [2.45, 2.75) is 42.8 Å². The predicted molar refractivity (Wildman–Crippen MR) is 176 cm³/mol. The van der Waals surface area contributed by atoms with E-state index < -0.39 is 29.3 Å². The van der Waals surface area contributed by atoms with Crippen molar-refractivity contribution in [2.24, 2.45) is 0 Å². The van der Waals surface area contributed by atoms with Gasteiger partial charge in [0.2, 0.25) is 5.13 Å². The first-order chi connectivity index (χ1) is 21.9. The SMILES string of the molecule is CCCCOc1ccc([C@@H]2C(=C(O)c3ccc(C)c(F)c3)C(=O)C(=O)N2c2nnc(SCc3cccc4ccccc34)s2)cc1. The molecule has 10 heteroatoms. The zero-order valence-corrected chi connectivity index (χ0v) is 26.3. The third kappa shape index (κ3) is 6.21. The molecule has 1 aromatic heterocycles. The molecule has 1 fully saturated rings. The fourth-order valence-electron chi connectivity index (χ4n) is 5.24. The smallest absolute Gasteiger partial charge is 0.301 e. The highest BCUT2D eigenvalue weighted by atomic mass is 32.2. The molecule has 1 amide bonds. The van der Waals surface area contributed by atoms with Crippen molar-refractivity contribution in [2.75, 3.05) is 11.5 Å². The molecule has 6 rings (SSSR count). The largest absolute Gasteiger partial charge is 0.507 e. The van der Waals surface area contributed by atoms with Crippen molar-refractivity contribution in [3.8, 4) is 5.75 Å². The van der Waals surface area contributed by atoms with E-state index in [0.29, 0.717) is 33.6 Å². The van der Waals surface area contributed by atoms with Crippen LogP contribution in [0.5, 0.6) is 5.75 Å². The van der Waals surface area contributed by atoms with Crippen LogP contribution in [0.4, 0.5) is 9.52 Å². The summed E-state index contributed by atoms with van der Waals surface area (Å²) in [7, 11) is 0. The maximum atomic E-state index is 14.5. The van der Waals surface area contributed by atoms with Crippen LogP contribution in [-0.2, 0) is 15.3 Å². The summed E-state index contributed by atoms with van der Waals surface area (Å²) in [6.45, 7) is 4.25. The zero-order valence-electron chi connectivity index (χ0n) is 24.7. The van der Waals surface area contributed by atoms with Gasteiger partial charge in [0.15, 0.2) is 4.34 Å². The van der Waals surface area contributed by atoms with E-state index in [1.54, 1.807) is 31.2 Å². The number of ketones is 1. The highest BCUT2D eigenvalue weighted by Crippen LogP contribution is 2.44. The van der Waals surface area contributed by atoms with E-state index >= 15 is 0 Å². The fraction of sp³-hybridized carbons (Fsp3) is 0.200. The Labute approximate surface area is 268 Å². The number of rotatable bonds is 10. The van der Waals surface area contributed by atoms with Crippen LogP contribution in [0.25, 0.3) is 16.5 Å². The van der Waals surface area contributed by atoms with Crippen molar-refractivity contribution >= 4 is 56.5 Å². The maximum absolute atomic E-state index is 14.5. The first-order valence-electron chi connectivity index (χ1n) is 14.6. The summed E-state index contributed by atoms with van der Waals surface area (Å²) in [5.74, 6) is -1.45. The molecule has 228 valence electrons. The summed E-state index contributed by atoms with van der Waals surface area (Å²) >= 11 is 2.68. The fourth-order valence-corrected chi connectivity index (χ4v) is 7.11. The lowest BCUT2D eigenvalue weighted by molar-refractivity contribution is -0.132.